The fourth-order valence-electron chi connectivity index (χ4n) is 0.766. The molecule has 0 N–H and O–H groups in total. The molecular weight excluding hydrogens is 176 g/mol. The van der Waals surface area contributed by atoms with Crippen LogP contribution in [-0.4, -0.2) is 5.97 Å². The molecule has 0 aliphatic rings. The number of esters is 1. The normalized spacial score (nSPS) is 10.0. The van der Waals surface area contributed by atoms with E-state index in [2.05, 4.69) is 8.83 Å². The van der Waals surface area contributed by atoms with Crippen LogP contribution in [0, 0.1) is 0 Å². The number of ether oxygens (including phenoxy) is 1. The predicted molar refractivity (Wildman–Crippen MR) is 42.5 cm³/mol. The van der Waals surface area contributed by atoms with Crippen molar-refractivity contribution < 1.29 is 18.4 Å². The van der Waals surface area contributed by atoms with Gasteiger partial charge in [-0.25, -0.2) is 4.79 Å². The van der Waals surface area contributed by atoms with E-state index >= 15 is 0 Å². The number of carbonyl (C=O) groups is 1. The van der Waals surface area contributed by atoms with Gasteiger partial charge in [-0.15, -0.1) is 0 Å². The Balaban J connectivity index is 2.86. The van der Waals surface area contributed by atoms with Crippen LogP contribution >= 0.6 is 0 Å². The molecule has 1 aromatic heterocycles. The lowest BCUT2D eigenvalue weighted by Gasteiger charge is -1.96. The molecule has 1 rings (SSSR count). The van der Waals surface area contributed by atoms with Crippen LogP contribution < -0.4 is 10.6 Å². The third kappa shape index (κ3) is 2.21. The smallest absolute Gasteiger partial charge is 0.392 e. The van der Waals surface area contributed by atoms with Gasteiger partial charge in [0, 0.05) is 12.8 Å². The molecule has 0 amide bonds. The van der Waals surface area contributed by atoms with Gasteiger partial charge in [0.1, 0.15) is 0 Å². The van der Waals surface area contributed by atoms with Crippen LogP contribution in [0.5, 0.6) is 5.95 Å². The highest BCUT2D eigenvalue weighted by Gasteiger charge is 2.15. The maximum absolute atomic E-state index is 10.8. The molecule has 0 bridgehead atoms. The maximum atomic E-state index is 10.8. The number of aryl methyl sites for hydroxylation is 1. The molecule has 1 aromatic rings. The summed E-state index contributed by atoms with van der Waals surface area (Å²) in [5.74, 6) is -1.18. The van der Waals surface area contributed by atoms with Gasteiger partial charge in [-0.2, -0.15) is 0 Å². The number of hydrogen-bond donors (Lipinski definition) is 0. The Labute approximate surface area is 74.3 Å². The Morgan fingerprint density at radius 1 is 1.38 bits per heavy atom. The highest BCUT2D eigenvalue weighted by atomic mass is 16.7. The second kappa shape index (κ2) is 3.93. The van der Waals surface area contributed by atoms with Crippen molar-refractivity contribution in [1.29, 1.82) is 0 Å². The monoisotopic (exact) mass is 186 g/mol. The summed E-state index contributed by atoms with van der Waals surface area (Å²) in [6.07, 6.45) is 0.663. The van der Waals surface area contributed by atoms with E-state index in [1.807, 2.05) is 0 Å². The van der Waals surface area contributed by atoms with Crippen molar-refractivity contribution in [3.63, 3.8) is 0 Å². The first-order chi connectivity index (χ1) is 6.17. The molecule has 13 heavy (non-hydrogen) atoms. The van der Waals surface area contributed by atoms with E-state index in [0.29, 0.717) is 6.42 Å². The van der Waals surface area contributed by atoms with Crippen molar-refractivity contribution in [1.82, 2.24) is 0 Å². The summed E-state index contributed by atoms with van der Waals surface area (Å²) in [6.45, 7) is 3.41. The predicted octanol–water partition coefficient (Wildman–Crippen LogP) is 1.11. The average molecular weight is 186 g/mol. The molecule has 1 heterocycles. The largest absolute Gasteiger partial charge is 0.521 e. The number of hydrogen-bond acceptors (Lipinski definition) is 5. The molecule has 0 radical (unpaired) electrons. The average Bonchev–Trinajstić information content (AvgIpc) is 2.46. The first-order valence-electron chi connectivity index (χ1n) is 4.00. The zero-order valence-electron chi connectivity index (χ0n) is 7.46. The molecule has 0 saturated carbocycles. The van der Waals surface area contributed by atoms with Gasteiger partial charge < -0.3 is 13.6 Å². The van der Waals surface area contributed by atoms with Crippen LogP contribution in [0.4, 0.5) is 0 Å². The van der Waals surface area contributed by atoms with E-state index in [4.69, 9.17) is 4.74 Å². The Hall–Kier alpha value is -1.52. The molecule has 0 unspecified atom stereocenters. The highest BCUT2D eigenvalue weighted by Crippen LogP contribution is 2.17. The summed E-state index contributed by atoms with van der Waals surface area (Å²) in [7, 11) is 0. The topological polar surface area (TPSA) is 69.7 Å². The van der Waals surface area contributed by atoms with E-state index in [0.717, 1.165) is 0 Å². The fourth-order valence-corrected chi connectivity index (χ4v) is 0.766. The van der Waals surface area contributed by atoms with Gasteiger partial charge in [0.25, 0.3) is 0 Å². The number of rotatable bonds is 3. The van der Waals surface area contributed by atoms with E-state index in [9.17, 15) is 9.59 Å². The van der Waals surface area contributed by atoms with Crippen molar-refractivity contribution >= 4 is 5.97 Å². The van der Waals surface area contributed by atoms with E-state index < -0.39 is 11.8 Å². The van der Waals surface area contributed by atoms with Crippen molar-refractivity contribution in [3.8, 4) is 5.95 Å². The molecule has 0 fully saturated rings. The second-order valence-electron chi connectivity index (χ2n) is 2.35. The van der Waals surface area contributed by atoms with E-state index in [1.165, 1.54) is 0 Å². The standard InChI is InChI=1S/C8H10O5/c1-3-5-7(12-6(9)4-2)13-8(10)11-5/h3-4H2,1-2H3. The lowest BCUT2D eigenvalue weighted by molar-refractivity contribution is -0.135. The third-order valence-electron chi connectivity index (χ3n) is 1.43. The Morgan fingerprint density at radius 2 is 2.08 bits per heavy atom. The molecule has 5 heteroatoms. The molecule has 5 nitrogen and oxygen atoms in total. The van der Waals surface area contributed by atoms with Gasteiger partial charge in [0.15, 0.2) is 5.76 Å². The van der Waals surface area contributed by atoms with Crippen molar-refractivity contribution in [3.05, 3.63) is 16.4 Å². The molecule has 0 spiro atoms. The van der Waals surface area contributed by atoms with E-state index in [-0.39, 0.29) is 18.1 Å². The van der Waals surface area contributed by atoms with E-state index in [1.54, 1.807) is 13.8 Å². The zero-order valence-corrected chi connectivity index (χ0v) is 7.46. The van der Waals surface area contributed by atoms with Gasteiger partial charge in [0.05, 0.1) is 0 Å². The molecule has 0 aromatic carbocycles. The molecule has 0 aliphatic carbocycles. The van der Waals surface area contributed by atoms with Gasteiger partial charge in [-0.3, -0.25) is 4.79 Å². The quantitative estimate of drug-likeness (QED) is 0.661. The van der Waals surface area contributed by atoms with Gasteiger partial charge in [-0.1, -0.05) is 13.8 Å². The SMILES string of the molecule is CCC(=O)Oc1oc(=O)oc1CC. The Bertz CT molecular complexity index is 346. The maximum Gasteiger partial charge on any atom is 0.521 e. The first kappa shape index (κ1) is 9.57. The second-order valence-corrected chi connectivity index (χ2v) is 2.35. The highest BCUT2D eigenvalue weighted by molar-refractivity contribution is 5.71. The van der Waals surface area contributed by atoms with Crippen LogP contribution in [0.1, 0.15) is 26.0 Å². The fraction of sp³-hybridized carbons (Fsp3) is 0.500. The van der Waals surface area contributed by atoms with Crippen LogP contribution in [-0.2, 0) is 11.2 Å². The molecule has 0 aliphatic heterocycles. The Kier molecular flexibility index (Phi) is 2.89. The summed E-state index contributed by atoms with van der Waals surface area (Å²) in [5.41, 5.74) is 0. The van der Waals surface area contributed by atoms with Gasteiger partial charge in [0.2, 0.25) is 0 Å². The van der Waals surface area contributed by atoms with Crippen LogP contribution in [0.2, 0.25) is 0 Å². The molecule has 72 valence electrons. The summed E-state index contributed by atoms with van der Waals surface area (Å²) >= 11 is 0. The molecular formula is C8H10O5. The summed E-state index contributed by atoms with van der Waals surface area (Å²) < 4.78 is 13.8. The minimum atomic E-state index is -0.851. The molecule has 0 saturated heterocycles. The van der Waals surface area contributed by atoms with Crippen LogP contribution in [0.3, 0.4) is 0 Å². The minimum Gasteiger partial charge on any atom is -0.392 e. The third-order valence-corrected chi connectivity index (χ3v) is 1.43. The van der Waals surface area contributed by atoms with Crippen molar-refractivity contribution in [2.45, 2.75) is 26.7 Å². The lowest BCUT2D eigenvalue weighted by Crippen LogP contribution is -2.06. The molecule has 0 atom stereocenters. The Morgan fingerprint density at radius 3 is 2.62 bits per heavy atom. The summed E-state index contributed by atoms with van der Waals surface area (Å²) in [6, 6.07) is 0. The van der Waals surface area contributed by atoms with Crippen molar-refractivity contribution in [2.24, 2.45) is 0 Å². The summed E-state index contributed by atoms with van der Waals surface area (Å²) in [5, 5.41) is 0. The van der Waals surface area contributed by atoms with Crippen LogP contribution in [0.25, 0.3) is 0 Å². The van der Waals surface area contributed by atoms with Gasteiger partial charge in [-0.05, 0) is 0 Å². The lowest BCUT2D eigenvalue weighted by atomic mass is 10.4. The van der Waals surface area contributed by atoms with Crippen LogP contribution in [0.15, 0.2) is 13.6 Å². The van der Waals surface area contributed by atoms with Crippen molar-refractivity contribution in [2.75, 3.05) is 0 Å². The minimum absolute atomic E-state index is 0.126. The van der Waals surface area contributed by atoms with Gasteiger partial charge >= 0.3 is 17.7 Å². The summed E-state index contributed by atoms with van der Waals surface area (Å²) in [4.78, 5) is 21.4. The number of carbonyl (C=O) groups excluding carboxylic acids is 1. The first-order valence-corrected chi connectivity index (χ1v) is 4.00. The zero-order chi connectivity index (χ0) is 9.84.